The summed E-state index contributed by atoms with van der Waals surface area (Å²) < 4.78 is 5.16. The molecule has 0 fully saturated rings. The second-order valence-electron chi connectivity index (χ2n) is 5.06. The van der Waals surface area contributed by atoms with Crippen LogP contribution in [0.4, 0.5) is 0 Å². The average Bonchev–Trinajstić information content (AvgIpc) is 3.10. The zero-order valence-electron chi connectivity index (χ0n) is 13.8. The Balaban J connectivity index is 0.00000288. The van der Waals surface area contributed by atoms with Crippen molar-refractivity contribution < 1.29 is 9.21 Å². The molecule has 1 amide bonds. The van der Waals surface area contributed by atoms with E-state index in [1.165, 1.54) is 0 Å². The molecule has 1 unspecified atom stereocenters. The Morgan fingerprint density at radius 2 is 1.92 bits per heavy atom. The minimum absolute atomic E-state index is 0. The van der Waals surface area contributed by atoms with Crippen LogP contribution in [0.25, 0.3) is 0 Å². The lowest BCUT2D eigenvalue weighted by atomic mass is 10.1. The summed E-state index contributed by atoms with van der Waals surface area (Å²) in [5.74, 6) is 1.17. The maximum Gasteiger partial charge on any atom is 0.239 e. The van der Waals surface area contributed by atoms with Gasteiger partial charge in [-0.2, -0.15) is 0 Å². The fourth-order valence-corrected chi connectivity index (χ4v) is 2.05. The second kappa shape index (κ2) is 10.7. The van der Waals surface area contributed by atoms with Gasteiger partial charge in [-0.3, -0.25) is 9.79 Å². The first-order valence-corrected chi connectivity index (χ1v) is 7.50. The fourth-order valence-electron chi connectivity index (χ4n) is 2.05. The van der Waals surface area contributed by atoms with Gasteiger partial charge in [-0.25, -0.2) is 0 Å². The Morgan fingerprint density at radius 3 is 2.54 bits per heavy atom. The molecular weight excluding hydrogens is 419 g/mol. The van der Waals surface area contributed by atoms with E-state index in [2.05, 4.69) is 20.9 Å². The zero-order valence-corrected chi connectivity index (χ0v) is 16.1. The highest BCUT2D eigenvalue weighted by Gasteiger charge is 2.09. The lowest BCUT2D eigenvalue weighted by Gasteiger charge is -2.18. The molecule has 0 aliphatic carbocycles. The summed E-state index contributed by atoms with van der Waals surface area (Å²) in [6, 6.07) is 13.7. The third kappa shape index (κ3) is 6.61. The van der Waals surface area contributed by atoms with Crippen molar-refractivity contribution in [3.05, 3.63) is 60.1 Å². The van der Waals surface area contributed by atoms with E-state index in [4.69, 9.17) is 4.42 Å². The molecule has 0 aliphatic heterocycles. The van der Waals surface area contributed by atoms with Gasteiger partial charge in [-0.1, -0.05) is 30.3 Å². The minimum Gasteiger partial charge on any atom is -0.467 e. The summed E-state index contributed by atoms with van der Waals surface area (Å²) in [7, 11) is 1.67. The summed E-state index contributed by atoms with van der Waals surface area (Å²) in [5.41, 5.74) is 1.15. The minimum atomic E-state index is -0.128. The van der Waals surface area contributed by atoms with Crippen LogP contribution in [0.15, 0.2) is 58.1 Å². The van der Waals surface area contributed by atoms with Gasteiger partial charge in [-0.05, 0) is 24.6 Å². The Bertz CT molecular complexity index is 629. The Labute approximate surface area is 159 Å². The highest BCUT2D eigenvalue weighted by atomic mass is 127. The van der Waals surface area contributed by atoms with E-state index in [0.29, 0.717) is 12.5 Å². The SMILES string of the molecule is CN=C(NCC(=O)NCc1ccco1)NC(C)c1ccccc1.I. The summed E-state index contributed by atoms with van der Waals surface area (Å²) in [6.45, 7) is 2.56. The molecule has 0 saturated carbocycles. The first-order valence-electron chi connectivity index (χ1n) is 7.50. The van der Waals surface area contributed by atoms with Crippen LogP contribution in [-0.4, -0.2) is 25.5 Å². The van der Waals surface area contributed by atoms with E-state index < -0.39 is 0 Å². The van der Waals surface area contributed by atoms with Gasteiger partial charge in [0.25, 0.3) is 0 Å². The van der Waals surface area contributed by atoms with Crippen molar-refractivity contribution in [1.29, 1.82) is 0 Å². The smallest absolute Gasteiger partial charge is 0.239 e. The van der Waals surface area contributed by atoms with Gasteiger partial charge in [0, 0.05) is 7.05 Å². The molecular formula is C17H23IN4O2. The quantitative estimate of drug-likeness (QED) is 0.365. The van der Waals surface area contributed by atoms with Crippen LogP contribution in [0.3, 0.4) is 0 Å². The zero-order chi connectivity index (χ0) is 16.5. The van der Waals surface area contributed by atoms with Crippen LogP contribution in [0.2, 0.25) is 0 Å². The van der Waals surface area contributed by atoms with Crippen LogP contribution >= 0.6 is 24.0 Å². The van der Waals surface area contributed by atoms with Gasteiger partial charge in [0.15, 0.2) is 5.96 Å². The molecule has 1 atom stereocenters. The van der Waals surface area contributed by atoms with Crippen molar-refractivity contribution in [2.45, 2.75) is 19.5 Å². The van der Waals surface area contributed by atoms with Crippen LogP contribution in [0.5, 0.6) is 0 Å². The van der Waals surface area contributed by atoms with Crippen LogP contribution in [0.1, 0.15) is 24.3 Å². The number of furan rings is 1. The fraction of sp³-hybridized carbons (Fsp3) is 0.294. The average molecular weight is 442 g/mol. The van der Waals surface area contributed by atoms with E-state index in [0.717, 1.165) is 11.3 Å². The monoisotopic (exact) mass is 442 g/mol. The van der Waals surface area contributed by atoms with E-state index in [-0.39, 0.29) is 42.5 Å². The number of nitrogens with zero attached hydrogens (tertiary/aromatic N) is 1. The van der Waals surface area contributed by atoms with Gasteiger partial charge >= 0.3 is 0 Å². The molecule has 3 N–H and O–H groups in total. The van der Waals surface area contributed by atoms with E-state index in [9.17, 15) is 4.79 Å². The molecule has 24 heavy (non-hydrogen) atoms. The second-order valence-corrected chi connectivity index (χ2v) is 5.06. The number of guanidine groups is 1. The first-order chi connectivity index (χ1) is 11.2. The van der Waals surface area contributed by atoms with Gasteiger partial charge < -0.3 is 20.4 Å². The molecule has 1 heterocycles. The number of carbonyl (C=O) groups is 1. The highest BCUT2D eigenvalue weighted by molar-refractivity contribution is 14.0. The topological polar surface area (TPSA) is 78.7 Å². The largest absolute Gasteiger partial charge is 0.467 e. The third-order valence-electron chi connectivity index (χ3n) is 3.33. The Kier molecular flexibility index (Phi) is 8.92. The third-order valence-corrected chi connectivity index (χ3v) is 3.33. The number of hydrogen-bond acceptors (Lipinski definition) is 3. The molecule has 0 saturated heterocycles. The molecule has 2 rings (SSSR count). The summed E-state index contributed by atoms with van der Waals surface area (Å²) >= 11 is 0. The van der Waals surface area contributed by atoms with E-state index in [1.54, 1.807) is 19.4 Å². The van der Waals surface area contributed by atoms with Crippen molar-refractivity contribution >= 4 is 35.8 Å². The first kappa shape index (κ1) is 20.0. The molecule has 0 bridgehead atoms. The molecule has 0 aliphatic rings. The molecule has 1 aromatic heterocycles. The number of nitrogens with one attached hydrogen (secondary N) is 3. The maximum absolute atomic E-state index is 11.8. The number of halogens is 1. The number of rotatable bonds is 6. The normalized spacial score (nSPS) is 12.0. The molecule has 0 radical (unpaired) electrons. The predicted molar refractivity (Wildman–Crippen MR) is 105 cm³/mol. The van der Waals surface area contributed by atoms with Crippen LogP contribution < -0.4 is 16.0 Å². The molecule has 130 valence electrons. The van der Waals surface area contributed by atoms with Crippen molar-refractivity contribution in [3.8, 4) is 0 Å². The van der Waals surface area contributed by atoms with E-state index in [1.807, 2.05) is 43.3 Å². The van der Waals surface area contributed by atoms with Gasteiger partial charge in [-0.15, -0.1) is 24.0 Å². The number of hydrogen-bond donors (Lipinski definition) is 3. The number of benzene rings is 1. The van der Waals surface area contributed by atoms with Crippen LogP contribution in [-0.2, 0) is 11.3 Å². The molecule has 2 aromatic rings. The molecule has 6 nitrogen and oxygen atoms in total. The lowest BCUT2D eigenvalue weighted by molar-refractivity contribution is -0.120. The van der Waals surface area contributed by atoms with Crippen molar-refractivity contribution in [2.75, 3.05) is 13.6 Å². The lowest BCUT2D eigenvalue weighted by Crippen LogP contribution is -2.43. The molecule has 7 heteroatoms. The van der Waals surface area contributed by atoms with Crippen molar-refractivity contribution in [2.24, 2.45) is 4.99 Å². The summed E-state index contributed by atoms with van der Waals surface area (Å²) in [6.07, 6.45) is 1.58. The van der Waals surface area contributed by atoms with Crippen molar-refractivity contribution in [1.82, 2.24) is 16.0 Å². The van der Waals surface area contributed by atoms with E-state index >= 15 is 0 Å². The van der Waals surface area contributed by atoms with Crippen molar-refractivity contribution in [3.63, 3.8) is 0 Å². The Morgan fingerprint density at radius 1 is 1.17 bits per heavy atom. The van der Waals surface area contributed by atoms with Crippen LogP contribution in [0, 0.1) is 0 Å². The van der Waals surface area contributed by atoms with Gasteiger partial charge in [0.2, 0.25) is 5.91 Å². The number of amides is 1. The number of aliphatic imine (C=N–C) groups is 1. The number of carbonyl (C=O) groups excluding carboxylic acids is 1. The standard InChI is InChI=1S/C17H22N4O2.HI/c1-13(14-7-4-3-5-8-14)21-17(18-2)20-12-16(22)19-11-15-9-6-10-23-15;/h3-10,13H,11-12H2,1-2H3,(H,19,22)(H2,18,20,21);1H. The molecule has 0 spiro atoms. The summed E-state index contributed by atoms with van der Waals surface area (Å²) in [5, 5.41) is 9.02. The maximum atomic E-state index is 11.8. The highest BCUT2D eigenvalue weighted by Crippen LogP contribution is 2.10. The summed E-state index contributed by atoms with van der Waals surface area (Å²) in [4.78, 5) is 15.9. The predicted octanol–water partition coefficient (Wildman–Crippen LogP) is 2.44. The van der Waals surface area contributed by atoms with Gasteiger partial charge in [0.1, 0.15) is 5.76 Å². The Hall–Kier alpha value is -2.03. The molecule has 1 aromatic carbocycles. The van der Waals surface area contributed by atoms with Gasteiger partial charge in [0.05, 0.1) is 25.4 Å².